The molecule has 1 unspecified atom stereocenters. The molecule has 16 heavy (non-hydrogen) atoms. The molecule has 0 aromatic heterocycles. The van der Waals surface area contributed by atoms with Gasteiger partial charge in [-0.25, -0.2) is 0 Å². The van der Waals surface area contributed by atoms with Gasteiger partial charge in [0.2, 0.25) is 5.91 Å². The summed E-state index contributed by atoms with van der Waals surface area (Å²) in [6.07, 6.45) is 4.37. The number of carbonyl (C=O) groups is 1. The lowest BCUT2D eigenvalue weighted by Crippen LogP contribution is -2.49. The molecule has 3 N–H and O–H groups in total. The van der Waals surface area contributed by atoms with Crippen LogP contribution in [0.25, 0.3) is 0 Å². The normalized spacial score (nSPS) is 23.9. The average Bonchev–Trinajstić information content (AvgIpc) is 2.82. The Morgan fingerprint density at radius 3 is 2.38 bits per heavy atom. The number of amides is 1. The Bertz CT molecular complexity index is 225. The number of hydrogen-bond donors (Lipinski definition) is 2. The van der Waals surface area contributed by atoms with Gasteiger partial charge in [-0.05, 0) is 44.7 Å². The van der Waals surface area contributed by atoms with Crippen molar-refractivity contribution in [3.8, 4) is 0 Å². The summed E-state index contributed by atoms with van der Waals surface area (Å²) in [7, 11) is 0. The molecule has 2 aliphatic heterocycles. The molecule has 0 saturated carbocycles. The van der Waals surface area contributed by atoms with Gasteiger partial charge in [-0.3, -0.25) is 4.79 Å². The van der Waals surface area contributed by atoms with E-state index in [9.17, 15) is 4.79 Å². The van der Waals surface area contributed by atoms with Gasteiger partial charge in [0.05, 0.1) is 6.04 Å². The summed E-state index contributed by atoms with van der Waals surface area (Å²) in [5.74, 6) is 0.568. The van der Waals surface area contributed by atoms with Gasteiger partial charge in [0.1, 0.15) is 0 Å². The lowest BCUT2D eigenvalue weighted by Gasteiger charge is -2.29. The second kappa shape index (κ2) is 6.42. The maximum absolute atomic E-state index is 12.0. The van der Waals surface area contributed by atoms with Crippen molar-refractivity contribution in [2.24, 2.45) is 11.7 Å². The molecule has 2 fully saturated rings. The van der Waals surface area contributed by atoms with E-state index in [1.165, 1.54) is 0 Å². The summed E-state index contributed by atoms with van der Waals surface area (Å²) < 4.78 is 0. The van der Waals surface area contributed by atoms with Gasteiger partial charge in [-0.1, -0.05) is 0 Å². The second-order valence-electron chi connectivity index (χ2n) is 4.65. The molecular formula is C11H22ClN3O. The maximum Gasteiger partial charge on any atom is 0.239 e. The van der Waals surface area contributed by atoms with E-state index in [0.29, 0.717) is 5.92 Å². The van der Waals surface area contributed by atoms with Crippen molar-refractivity contribution < 1.29 is 4.79 Å². The Kier molecular flexibility index (Phi) is 5.52. The van der Waals surface area contributed by atoms with Gasteiger partial charge >= 0.3 is 0 Å². The van der Waals surface area contributed by atoms with E-state index in [1.54, 1.807) is 0 Å². The number of nitrogens with zero attached hydrogens (tertiary/aromatic N) is 1. The fourth-order valence-corrected chi connectivity index (χ4v) is 2.55. The minimum atomic E-state index is -0.259. The molecule has 0 radical (unpaired) electrons. The van der Waals surface area contributed by atoms with E-state index in [1.807, 2.05) is 4.90 Å². The van der Waals surface area contributed by atoms with Crippen molar-refractivity contribution in [3.05, 3.63) is 0 Å². The molecule has 0 aromatic rings. The van der Waals surface area contributed by atoms with Crippen molar-refractivity contribution >= 4 is 18.3 Å². The summed E-state index contributed by atoms with van der Waals surface area (Å²) in [5.41, 5.74) is 6.05. The number of carbonyl (C=O) groups excluding carboxylic acids is 1. The molecular weight excluding hydrogens is 226 g/mol. The van der Waals surface area contributed by atoms with Crippen LogP contribution < -0.4 is 11.1 Å². The van der Waals surface area contributed by atoms with Crippen LogP contribution in [0, 0.1) is 5.92 Å². The standard InChI is InChI=1S/C11H21N3O.ClH/c12-10(9-3-5-13-6-4-9)11(15)14-7-1-2-8-14;/h9-10,13H,1-8,12H2;1H. The Morgan fingerprint density at radius 1 is 1.25 bits per heavy atom. The van der Waals surface area contributed by atoms with Gasteiger partial charge in [0.25, 0.3) is 0 Å². The summed E-state index contributed by atoms with van der Waals surface area (Å²) in [4.78, 5) is 14.0. The van der Waals surface area contributed by atoms with E-state index in [2.05, 4.69) is 5.32 Å². The van der Waals surface area contributed by atoms with E-state index in [0.717, 1.165) is 51.9 Å². The third-order valence-corrected chi connectivity index (χ3v) is 3.59. The molecule has 2 saturated heterocycles. The Labute approximate surface area is 103 Å². The zero-order valence-corrected chi connectivity index (χ0v) is 10.5. The predicted molar refractivity (Wildman–Crippen MR) is 66.6 cm³/mol. The monoisotopic (exact) mass is 247 g/mol. The first kappa shape index (κ1) is 13.7. The number of likely N-dealkylation sites (tertiary alicyclic amines) is 1. The summed E-state index contributed by atoms with van der Waals surface area (Å²) in [6.45, 7) is 3.84. The van der Waals surface area contributed by atoms with Crippen LogP contribution in [-0.2, 0) is 4.79 Å². The van der Waals surface area contributed by atoms with Crippen molar-refractivity contribution in [2.45, 2.75) is 31.7 Å². The van der Waals surface area contributed by atoms with E-state index >= 15 is 0 Å². The number of hydrogen-bond acceptors (Lipinski definition) is 3. The largest absolute Gasteiger partial charge is 0.341 e. The van der Waals surface area contributed by atoms with Crippen LogP contribution in [0.5, 0.6) is 0 Å². The summed E-state index contributed by atoms with van der Waals surface area (Å²) in [6, 6.07) is -0.259. The predicted octanol–water partition coefficient (Wildman–Crippen LogP) is 0.357. The molecule has 0 bridgehead atoms. The average molecular weight is 248 g/mol. The fourth-order valence-electron chi connectivity index (χ4n) is 2.55. The van der Waals surface area contributed by atoms with Gasteiger partial charge < -0.3 is 16.0 Å². The molecule has 4 nitrogen and oxygen atoms in total. The van der Waals surface area contributed by atoms with Crippen LogP contribution >= 0.6 is 12.4 Å². The Morgan fingerprint density at radius 2 is 1.81 bits per heavy atom. The highest BCUT2D eigenvalue weighted by atomic mass is 35.5. The highest BCUT2D eigenvalue weighted by Gasteiger charge is 2.30. The van der Waals surface area contributed by atoms with Crippen LogP contribution in [0.1, 0.15) is 25.7 Å². The smallest absolute Gasteiger partial charge is 0.239 e. The highest BCUT2D eigenvalue weighted by molar-refractivity contribution is 5.85. The molecule has 0 aromatic carbocycles. The maximum atomic E-state index is 12.0. The van der Waals surface area contributed by atoms with Crippen LogP contribution in [-0.4, -0.2) is 43.0 Å². The number of nitrogens with two attached hydrogens (primary N) is 1. The first-order valence-corrected chi connectivity index (χ1v) is 6.04. The SMILES string of the molecule is Cl.NC(C(=O)N1CCCC1)C1CCNCC1. The third kappa shape index (κ3) is 3.09. The van der Waals surface area contributed by atoms with Crippen LogP contribution in [0.2, 0.25) is 0 Å². The topological polar surface area (TPSA) is 58.4 Å². The Hall–Kier alpha value is -0.320. The third-order valence-electron chi connectivity index (χ3n) is 3.59. The molecule has 94 valence electrons. The molecule has 0 spiro atoms. The van der Waals surface area contributed by atoms with Crippen molar-refractivity contribution in [2.75, 3.05) is 26.2 Å². The molecule has 1 amide bonds. The number of piperidine rings is 1. The molecule has 2 rings (SSSR count). The van der Waals surface area contributed by atoms with Crippen molar-refractivity contribution in [3.63, 3.8) is 0 Å². The van der Waals surface area contributed by atoms with Crippen LogP contribution in [0.15, 0.2) is 0 Å². The van der Waals surface area contributed by atoms with Gasteiger partial charge in [-0.2, -0.15) is 0 Å². The minimum absolute atomic E-state index is 0. The van der Waals surface area contributed by atoms with Gasteiger partial charge in [0.15, 0.2) is 0 Å². The number of nitrogens with one attached hydrogen (secondary N) is 1. The van der Waals surface area contributed by atoms with Crippen molar-refractivity contribution in [1.29, 1.82) is 0 Å². The van der Waals surface area contributed by atoms with Gasteiger partial charge in [-0.15, -0.1) is 12.4 Å². The summed E-state index contributed by atoms with van der Waals surface area (Å²) in [5, 5.41) is 3.30. The number of rotatable bonds is 2. The molecule has 1 atom stereocenters. The minimum Gasteiger partial charge on any atom is -0.341 e. The van der Waals surface area contributed by atoms with Gasteiger partial charge in [0, 0.05) is 13.1 Å². The van der Waals surface area contributed by atoms with Crippen molar-refractivity contribution in [1.82, 2.24) is 10.2 Å². The lowest BCUT2D eigenvalue weighted by atomic mass is 9.90. The summed E-state index contributed by atoms with van der Waals surface area (Å²) >= 11 is 0. The fraction of sp³-hybridized carbons (Fsp3) is 0.909. The van der Waals surface area contributed by atoms with E-state index in [-0.39, 0.29) is 24.4 Å². The van der Waals surface area contributed by atoms with Crippen LogP contribution in [0.4, 0.5) is 0 Å². The quantitative estimate of drug-likeness (QED) is 0.741. The molecule has 5 heteroatoms. The molecule has 2 aliphatic rings. The Balaban J connectivity index is 0.00000128. The number of halogens is 1. The zero-order chi connectivity index (χ0) is 10.7. The first-order chi connectivity index (χ1) is 7.29. The van der Waals surface area contributed by atoms with E-state index < -0.39 is 0 Å². The van der Waals surface area contributed by atoms with E-state index in [4.69, 9.17) is 5.73 Å². The highest BCUT2D eigenvalue weighted by Crippen LogP contribution is 2.18. The zero-order valence-electron chi connectivity index (χ0n) is 9.65. The molecule has 0 aliphatic carbocycles. The van der Waals surface area contributed by atoms with Crippen LogP contribution in [0.3, 0.4) is 0 Å². The second-order valence-corrected chi connectivity index (χ2v) is 4.65. The molecule has 2 heterocycles. The lowest BCUT2D eigenvalue weighted by molar-refractivity contribution is -0.133. The first-order valence-electron chi connectivity index (χ1n) is 6.04.